The molecule has 1 heterocycles. The van der Waals surface area contributed by atoms with E-state index < -0.39 is 69.8 Å². The standard InChI is InChI=1S/C30H37N4O10S/c1-18(2)15-23(24(27(36)33-40)17-34-29(38)21-7-4-5-8-22(21)30(34)39)26(35)32-25(28(37)31-3)16-19-9-11-20(12-10-19)44-13-6-14-45(41,42)43/h4-5,7-12,18,23-25H,6,13-17H2,1-3H3,(H4-,31,32,33,35,36,37,38,39,40,41,42,43)/q-1/t23-,24+,25+/m1/s1. The third-order valence-corrected chi connectivity index (χ3v) is 8.11. The van der Waals surface area contributed by atoms with Crippen molar-refractivity contribution in [3.05, 3.63) is 70.4 Å². The number of hydrogen-bond acceptors (Lipinski definition) is 9. The number of benzene rings is 2. The zero-order valence-electron chi connectivity index (χ0n) is 25.1. The van der Waals surface area contributed by atoms with Crippen LogP contribution in [0.15, 0.2) is 48.5 Å². The summed E-state index contributed by atoms with van der Waals surface area (Å²) in [4.78, 5) is 66.3. The molecular formula is C30H37N4O10S-. The number of rotatable bonds is 16. The molecule has 3 atom stereocenters. The first-order valence-corrected chi connectivity index (χ1v) is 15.9. The van der Waals surface area contributed by atoms with Gasteiger partial charge in [-0.1, -0.05) is 38.1 Å². The van der Waals surface area contributed by atoms with Crippen LogP contribution in [0.25, 0.3) is 0 Å². The number of hydroxylamine groups is 1. The number of likely N-dealkylation sites (N-methyl/N-ethyl adjacent to an activating group) is 1. The minimum atomic E-state index is -4.09. The van der Waals surface area contributed by atoms with Gasteiger partial charge in [-0.25, -0.2) is 0 Å². The monoisotopic (exact) mass is 645 g/mol. The Kier molecular flexibility index (Phi) is 12.2. The van der Waals surface area contributed by atoms with Gasteiger partial charge in [-0.3, -0.25) is 33.4 Å². The Hall–Kier alpha value is -4.34. The third kappa shape index (κ3) is 9.57. The molecule has 4 N–H and O–H groups in total. The van der Waals surface area contributed by atoms with E-state index in [0.717, 1.165) is 4.90 Å². The van der Waals surface area contributed by atoms with Crippen molar-refractivity contribution in [1.82, 2.24) is 21.0 Å². The molecule has 0 saturated carbocycles. The number of amides is 5. The second-order valence-electron chi connectivity index (χ2n) is 11.1. The lowest BCUT2D eigenvalue weighted by atomic mass is 9.83. The fourth-order valence-corrected chi connectivity index (χ4v) is 5.57. The first kappa shape index (κ1) is 35.1. The fourth-order valence-electron chi connectivity index (χ4n) is 5.08. The normalized spacial score (nSPS) is 14.8. The zero-order chi connectivity index (χ0) is 33.3. The van der Waals surface area contributed by atoms with E-state index in [0.29, 0.717) is 11.3 Å². The van der Waals surface area contributed by atoms with Gasteiger partial charge in [0.1, 0.15) is 11.8 Å². The molecule has 0 aliphatic carbocycles. The number of nitrogens with one attached hydrogen (secondary N) is 3. The topological polar surface area (TPSA) is 211 Å². The van der Waals surface area contributed by atoms with Crippen molar-refractivity contribution < 1.29 is 41.7 Å². The van der Waals surface area contributed by atoms with E-state index in [1.165, 1.54) is 24.7 Å². The van der Waals surface area contributed by atoms with E-state index in [1.54, 1.807) is 50.2 Å². The van der Waals surface area contributed by atoms with Crippen molar-refractivity contribution >= 4 is 39.7 Å². The maximum atomic E-state index is 13.7. The summed E-state index contributed by atoms with van der Waals surface area (Å²) in [5.41, 5.74) is 2.25. The zero-order valence-corrected chi connectivity index (χ0v) is 26.0. The highest BCUT2D eigenvalue weighted by molar-refractivity contribution is 7.85. The maximum Gasteiger partial charge on any atom is 0.264 e. The Morgan fingerprint density at radius 2 is 1.53 bits per heavy atom. The van der Waals surface area contributed by atoms with Crippen LogP contribution < -0.4 is 20.9 Å². The van der Waals surface area contributed by atoms with Gasteiger partial charge in [0.2, 0.25) is 17.7 Å². The molecule has 45 heavy (non-hydrogen) atoms. The smallest absolute Gasteiger partial charge is 0.264 e. The predicted molar refractivity (Wildman–Crippen MR) is 162 cm³/mol. The van der Waals surface area contributed by atoms with Gasteiger partial charge in [-0.15, -0.1) is 0 Å². The first-order chi connectivity index (χ1) is 21.2. The van der Waals surface area contributed by atoms with E-state index in [4.69, 9.17) is 9.29 Å². The van der Waals surface area contributed by atoms with Crippen LogP contribution in [0.1, 0.15) is 53.0 Å². The van der Waals surface area contributed by atoms with Gasteiger partial charge in [-0.2, -0.15) is 8.42 Å². The van der Waals surface area contributed by atoms with E-state index in [-0.39, 0.29) is 42.9 Å². The number of fused-ring (bicyclic) bond motifs is 1. The lowest BCUT2D eigenvalue weighted by molar-refractivity contribution is -0.137. The summed E-state index contributed by atoms with van der Waals surface area (Å²) < 4.78 is 36.0. The molecule has 0 aromatic heterocycles. The van der Waals surface area contributed by atoms with Crippen molar-refractivity contribution in [2.75, 3.05) is 26.0 Å². The molecule has 14 nitrogen and oxygen atoms in total. The van der Waals surface area contributed by atoms with Crippen LogP contribution in [0, 0.1) is 23.0 Å². The third-order valence-electron chi connectivity index (χ3n) is 7.30. The van der Waals surface area contributed by atoms with Crippen LogP contribution in [-0.4, -0.2) is 79.4 Å². The highest BCUT2D eigenvalue weighted by Gasteiger charge is 2.42. The van der Waals surface area contributed by atoms with Gasteiger partial charge in [-0.05, 0) is 48.6 Å². The summed E-state index contributed by atoms with van der Waals surface area (Å²) in [5.74, 6) is -6.32. The molecule has 3 rings (SSSR count). The first-order valence-electron chi connectivity index (χ1n) is 14.3. The summed E-state index contributed by atoms with van der Waals surface area (Å²) in [6, 6.07) is 11.6. The van der Waals surface area contributed by atoms with Crippen LogP contribution in [0.3, 0.4) is 0 Å². The molecule has 1 aliphatic rings. The lowest BCUT2D eigenvalue weighted by Crippen LogP contribution is -2.53. The summed E-state index contributed by atoms with van der Waals surface area (Å²) in [6.45, 7) is 3.14. The Balaban J connectivity index is 1.78. The van der Waals surface area contributed by atoms with Crippen LogP contribution in [0.5, 0.6) is 5.75 Å². The van der Waals surface area contributed by atoms with E-state index in [2.05, 4.69) is 10.6 Å². The van der Waals surface area contributed by atoms with E-state index in [1.807, 2.05) is 0 Å². The van der Waals surface area contributed by atoms with Crippen molar-refractivity contribution in [2.45, 2.75) is 39.2 Å². The number of carbonyl (C=O) groups excluding carboxylic acids is 5. The molecule has 2 aromatic carbocycles. The second-order valence-corrected chi connectivity index (χ2v) is 12.7. The number of hydrogen-bond donors (Lipinski definition) is 4. The van der Waals surface area contributed by atoms with Crippen LogP contribution in [-0.2, 0) is 30.9 Å². The van der Waals surface area contributed by atoms with Gasteiger partial charge in [0.25, 0.3) is 21.9 Å². The largest absolute Gasteiger partial charge is 0.759 e. The minimum Gasteiger partial charge on any atom is -0.759 e. The molecule has 0 saturated heterocycles. The fraction of sp³-hybridized carbons (Fsp3) is 0.433. The number of nitrogens with zero attached hydrogens (tertiary/aromatic N) is 1. The van der Waals surface area contributed by atoms with Gasteiger partial charge in [0.15, 0.2) is 0 Å². The summed E-state index contributed by atoms with van der Waals surface area (Å²) in [6.07, 6.45) is 0.234. The Morgan fingerprint density at radius 1 is 0.933 bits per heavy atom. The van der Waals surface area contributed by atoms with Gasteiger partial charge < -0.3 is 26.1 Å². The summed E-state index contributed by atoms with van der Waals surface area (Å²) in [7, 11) is -2.69. The summed E-state index contributed by atoms with van der Waals surface area (Å²) in [5, 5.41) is 16.8. The molecule has 0 spiro atoms. The Morgan fingerprint density at radius 3 is 2.04 bits per heavy atom. The molecule has 244 valence electrons. The number of carbonyl (C=O) groups is 5. The van der Waals surface area contributed by atoms with Gasteiger partial charge in [0, 0.05) is 20.0 Å². The van der Waals surface area contributed by atoms with Gasteiger partial charge in [0.05, 0.1) is 35.3 Å². The SMILES string of the molecule is CNC(=O)[C@H](Cc1ccc(OCCCS(=O)(=O)O)cc1)NC(=O)[C@H](CC(C)C)[C@H](CN1C(=O)c2ccccc2C1=O)C(=O)N[O-]. The highest BCUT2D eigenvalue weighted by Crippen LogP contribution is 2.28. The Bertz CT molecular complexity index is 1480. The van der Waals surface area contributed by atoms with Gasteiger partial charge >= 0.3 is 0 Å². The molecular weight excluding hydrogens is 608 g/mol. The molecule has 5 amide bonds. The Labute approximate surface area is 261 Å². The number of imide groups is 1. The van der Waals surface area contributed by atoms with Crippen LogP contribution in [0.2, 0.25) is 0 Å². The van der Waals surface area contributed by atoms with Crippen molar-refractivity contribution in [2.24, 2.45) is 17.8 Å². The molecule has 1 aliphatic heterocycles. The van der Waals surface area contributed by atoms with E-state index >= 15 is 0 Å². The van der Waals surface area contributed by atoms with Crippen molar-refractivity contribution in [3.8, 4) is 5.75 Å². The van der Waals surface area contributed by atoms with E-state index in [9.17, 15) is 37.6 Å². The maximum absolute atomic E-state index is 13.7. The average Bonchev–Trinajstić information content (AvgIpc) is 3.24. The van der Waals surface area contributed by atoms with Crippen LogP contribution >= 0.6 is 0 Å². The second kappa shape index (κ2) is 15.6. The predicted octanol–water partition coefficient (Wildman–Crippen LogP) is 1.31. The average molecular weight is 646 g/mol. The quantitative estimate of drug-likeness (QED) is 0.0889. The van der Waals surface area contributed by atoms with Crippen molar-refractivity contribution in [1.29, 1.82) is 0 Å². The minimum absolute atomic E-state index is 0.0413. The lowest BCUT2D eigenvalue weighted by Gasteiger charge is -2.31. The molecule has 0 fully saturated rings. The molecule has 0 unspecified atom stereocenters. The van der Waals surface area contributed by atoms with Crippen LogP contribution in [0.4, 0.5) is 0 Å². The van der Waals surface area contributed by atoms with Crippen molar-refractivity contribution in [3.63, 3.8) is 0 Å². The molecule has 15 heteroatoms. The molecule has 0 bridgehead atoms. The highest BCUT2D eigenvalue weighted by atomic mass is 32.2. The molecule has 0 radical (unpaired) electrons. The number of ether oxygens (including phenoxy) is 1. The molecule has 2 aromatic rings. The summed E-state index contributed by atoms with van der Waals surface area (Å²) >= 11 is 0.